The molecule has 60 valence electrons. The van der Waals surface area contributed by atoms with Gasteiger partial charge in [0.15, 0.2) is 0 Å². The Labute approximate surface area is 79.9 Å². The summed E-state index contributed by atoms with van der Waals surface area (Å²) < 4.78 is 6.16. The Kier molecular flexibility index (Phi) is 2.59. The minimum Gasteiger partial charge on any atom is -0.495 e. The van der Waals surface area contributed by atoms with Crippen LogP contribution in [-0.4, -0.2) is 7.11 Å². The van der Waals surface area contributed by atoms with E-state index in [4.69, 9.17) is 10.5 Å². The maximum absolute atomic E-state index is 5.68. The molecule has 0 spiro atoms. The van der Waals surface area contributed by atoms with Gasteiger partial charge in [0.05, 0.1) is 10.7 Å². The van der Waals surface area contributed by atoms with Crippen LogP contribution in [0.2, 0.25) is 0 Å². The van der Waals surface area contributed by atoms with Crippen LogP contribution in [-0.2, 0) is 0 Å². The van der Waals surface area contributed by atoms with Crippen molar-refractivity contribution in [3.05, 3.63) is 21.3 Å². The summed E-state index contributed by atoms with van der Waals surface area (Å²) in [6.07, 6.45) is 0. The van der Waals surface area contributed by atoms with E-state index in [1.807, 2.05) is 19.1 Å². The standard InChI is InChI=1S/C8H10INO/c1-5-3-4-6(10)7(9)8(5)11-2/h3-4H,10H2,1-2H3. The van der Waals surface area contributed by atoms with Crippen molar-refractivity contribution < 1.29 is 4.74 Å². The van der Waals surface area contributed by atoms with Gasteiger partial charge in [0, 0.05) is 5.69 Å². The van der Waals surface area contributed by atoms with Gasteiger partial charge in [-0.1, -0.05) is 6.07 Å². The maximum Gasteiger partial charge on any atom is 0.137 e. The zero-order valence-electron chi connectivity index (χ0n) is 6.52. The van der Waals surface area contributed by atoms with Crippen molar-refractivity contribution in [1.82, 2.24) is 0 Å². The van der Waals surface area contributed by atoms with Gasteiger partial charge in [-0.2, -0.15) is 0 Å². The highest BCUT2D eigenvalue weighted by Crippen LogP contribution is 2.29. The van der Waals surface area contributed by atoms with E-state index in [0.29, 0.717) is 0 Å². The van der Waals surface area contributed by atoms with Crippen molar-refractivity contribution in [2.75, 3.05) is 12.8 Å². The van der Waals surface area contributed by atoms with E-state index in [-0.39, 0.29) is 0 Å². The second-order valence-electron chi connectivity index (χ2n) is 2.32. The number of halogens is 1. The summed E-state index contributed by atoms with van der Waals surface area (Å²) in [6, 6.07) is 3.84. The number of benzene rings is 1. The smallest absolute Gasteiger partial charge is 0.137 e. The van der Waals surface area contributed by atoms with Gasteiger partial charge in [0.25, 0.3) is 0 Å². The van der Waals surface area contributed by atoms with E-state index in [9.17, 15) is 0 Å². The first-order valence-electron chi connectivity index (χ1n) is 3.25. The zero-order valence-corrected chi connectivity index (χ0v) is 8.68. The number of ether oxygens (including phenoxy) is 1. The molecule has 1 aromatic carbocycles. The number of nitrogen functional groups attached to an aromatic ring is 1. The Bertz CT molecular complexity index is 273. The van der Waals surface area contributed by atoms with Crippen LogP contribution in [0, 0.1) is 10.5 Å². The van der Waals surface area contributed by atoms with Crippen LogP contribution in [0.3, 0.4) is 0 Å². The highest BCUT2D eigenvalue weighted by molar-refractivity contribution is 14.1. The van der Waals surface area contributed by atoms with Crippen LogP contribution in [0.25, 0.3) is 0 Å². The minimum atomic E-state index is 0.771. The molecule has 2 nitrogen and oxygen atoms in total. The number of rotatable bonds is 1. The van der Waals surface area contributed by atoms with Crippen LogP contribution in [0.5, 0.6) is 5.75 Å². The molecule has 0 unspecified atom stereocenters. The number of aryl methyl sites for hydroxylation is 1. The van der Waals surface area contributed by atoms with Gasteiger partial charge in [0.1, 0.15) is 5.75 Å². The summed E-state index contributed by atoms with van der Waals surface area (Å²) in [5.41, 5.74) is 7.57. The summed E-state index contributed by atoms with van der Waals surface area (Å²) in [5.74, 6) is 0.880. The molecule has 0 aromatic heterocycles. The van der Waals surface area contributed by atoms with Gasteiger partial charge in [-0.3, -0.25) is 0 Å². The third-order valence-corrected chi connectivity index (χ3v) is 2.64. The summed E-state index contributed by atoms with van der Waals surface area (Å²) in [7, 11) is 1.66. The molecular formula is C8H10INO. The topological polar surface area (TPSA) is 35.2 Å². The molecule has 0 heterocycles. The molecule has 0 fully saturated rings. The van der Waals surface area contributed by atoms with E-state index < -0.39 is 0 Å². The lowest BCUT2D eigenvalue weighted by molar-refractivity contribution is 0.409. The normalized spacial score (nSPS) is 9.73. The fraction of sp³-hybridized carbons (Fsp3) is 0.250. The van der Waals surface area contributed by atoms with Crippen molar-refractivity contribution in [3.8, 4) is 5.75 Å². The molecule has 2 N–H and O–H groups in total. The molecular weight excluding hydrogens is 253 g/mol. The lowest BCUT2D eigenvalue weighted by atomic mass is 10.2. The molecule has 11 heavy (non-hydrogen) atoms. The van der Waals surface area contributed by atoms with Gasteiger partial charge in [-0.05, 0) is 41.1 Å². The average molecular weight is 263 g/mol. The lowest BCUT2D eigenvalue weighted by Crippen LogP contribution is -1.95. The summed E-state index contributed by atoms with van der Waals surface area (Å²) in [5, 5.41) is 0. The van der Waals surface area contributed by atoms with Crippen LogP contribution < -0.4 is 10.5 Å². The molecule has 0 saturated carbocycles. The SMILES string of the molecule is COc1c(C)ccc(N)c1I. The summed E-state index contributed by atoms with van der Waals surface area (Å²) in [4.78, 5) is 0. The number of nitrogens with two attached hydrogens (primary N) is 1. The second-order valence-corrected chi connectivity index (χ2v) is 3.40. The molecule has 1 rings (SSSR count). The van der Waals surface area contributed by atoms with Crippen LogP contribution in [0.4, 0.5) is 5.69 Å². The Morgan fingerprint density at radius 2 is 2.09 bits per heavy atom. The summed E-state index contributed by atoms with van der Waals surface area (Å²) in [6.45, 7) is 2.00. The van der Waals surface area contributed by atoms with Crippen LogP contribution in [0.1, 0.15) is 5.56 Å². The molecule has 0 aliphatic heterocycles. The van der Waals surface area contributed by atoms with Crippen molar-refractivity contribution in [1.29, 1.82) is 0 Å². The van der Waals surface area contributed by atoms with Crippen molar-refractivity contribution >= 4 is 28.3 Å². The van der Waals surface area contributed by atoms with Crippen molar-refractivity contribution in [3.63, 3.8) is 0 Å². The van der Waals surface area contributed by atoms with Gasteiger partial charge >= 0.3 is 0 Å². The predicted molar refractivity (Wildman–Crippen MR) is 54.9 cm³/mol. The predicted octanol–water partition coefficient (Wildman–Crippen LogP) is 2.19. The van der Waals surface area contributed by atoms with E-state index in [1.54, 1.807) is 7.11 Å². The minimum absolute atomic E-state index is 0.771. The first-order chi connectivity index (χ1) is 5.16. The molecule has 0 radical (unpaired) electrons. The monoisotopic (exact) mass is 263 g/mol. The maximum atomic E-state index is 5.68. The van der Waals surface area contributed by atoms with E-state index in [2.05, 4.69) is 22.6 Å². The van der Waals surface area contributed by atoms with E-state index in [1.165, 1.54) is 0 Å². The van der Waals surface area contributed by atoms with Crippen molar-refractivity contribution in [2.45, 2.75) is 6.92 Å². The Balaban J connectivity index is 3.29. The third-order valence-electron chi connectivity index (χ3n) is 1.53. The second kappa shape index (κ2) is 3.30. The lowest BCUT2D eigenvalue weighted by Gasteiger charge is -2.08. The molecule has 0 atom stereocenters. The largest absolute Gasteiger partial charge is 0.495 e. The quantitative estimate of drug-likeness (QED) is 0.622. The molecule has 0 bridgehead atoms. The van der Waals surface area contributed by atoms with E-state index >= 15 is 0 Å². The highest BCUT2D eigenvalue weighted by Gasteiger charge is 2.05. The third kappa shape index (κ3) is 1.58. The fourth-order valence-electron chi connectivity index (χ4n) is 0.918. The zero-order chi connectivity index (χ0) is 8.43. The molecule has 3 heteroatoms. The number of anilines is 1. The number of hydrogen-bond donors (Lipinski definition) is 1. The van der Waals surface area contributed by atoms with Crippen molar-refractivity contribution in [2.24, 2.45) is 0 Å². The average Bonchev–Trinajstić information content (AvgIpc) is 1.99. The van der Waals surface area contributed by atoms with E-state index in [0.717, 1.165) is 20.6 Å². The molecule has 0 saturated heterocycles. The first-order valence-corrected chi connectivity index (χ1v) is 4.33. The Hall–Kier alpha value is -0.450. The van der Waals surface area contributed by atoms with Gasteiger partial charge in [-0.25, -0.2) is 0 Å². The molecule has 0 aliphatic carbocycles. The van der Waals surface area contributed by atoms with Gasteiger partial charge < -0.3 is 10.5 Å². The first kappa shape index (κ1) is 8.64. The Morgan fingerprint density at radius 1 is 1.45 bits per heavy atom. The molecule has 1 aromatic rings. The van der Waals surface area contributed by atoms with Crippen LogP contribution in [0.15, 0.2) is 12.1 Å². The van der Waals surface area contributed by atoms with Gasteiger partial charge in [-0.15, -0.1) is 0 Å². The summed E-state index contributed by atoms with van der Waals surface area (Å²) >= 11 is 2.18. The van der Waals surface area contributed by atoms with Gasteiger partial charge in [0.2, 0.25) is 0 Å². The Morgan fingerprint density at radius 3 is 2.55 bits per heavy atom. The fourth-order valence-corrected chi connectivity index (χ4v) is 1.74. The molecule has 0 aliphatic rings. The number of hydrogen-bond acceptors (Lipinski definition) is 2. The highest BCUT2D eigenvalue weighted by atomic mass is 127. The number of methoxy groups -OCH3 is 1. The van der Waals surface area contributed by atoms with Crippen LogP contribution >= 0.6 is 22.6 Å². The molecule has 0 amide bonds.